The van der Waals surface area contributed by atoms with E-state index in [9.17, 15) is 14.4 Å². The lowest BCUT2D eigenvalue weighted by Crippen LogP contribution is -2.30. The van der Waals surface area contributed by atoms with Gasteiger partial charge in [-0.05, 0) is 103 Å². The van der Waals surface area contributed by atoms with Crippen molar-refractivity contribution in [1.82, 2.24) is 0 Å². The maximum absolute atomic E-state index is 12.9. The number of ether oxygens (including phenoxy) is 3. The Labute approximate surface area is 495 Å². The normalized spacial score (nSPS) is 12.8. The summed E-state index contributed by atoms with van der Waals surface area (Å²) in [5.41, 5.74) is 0. The van der Waals surface area contributed by atoms with Gasteiger partial charge in [0.25, 0.3) is 0 Å². The highest BCUT2D eigenvalue weighted by molar-refractivity contribution is 5.71. The summed E-state index contributed by atoms with van der Waals surface area (Å²) in [4.78, 5) is 38.4. The second-order valence-corrected chi connectivity index (χ2v) is 22.3. The molecule has 1 atom stereocenters. The summed E-state index contributed by atoms with van der Waals surface area (Å²) in [6, 6.07) is 0. The van der Waals surface area contributed by atoms with E-state index in [0.717, 1.165) is 128 Å². The molecule has 0 heterocycles. The lowest BCUT2D eigenvalue weighted by atomic mass is 10.0. The zero-order valence-electron chi connectivity index (χ0n) is 52.6. The van der Waals surface area contributed by atoms with Crippen molar-refractivity contribution >= 4 is 17.9 Å². The molecule has 0 aliphatic rings. The van der Waals surface area contributed by atoms with Gasteiger partial charge in [-0.2, -0.15) is 0 Å². The average molecular weight is 1110 g/mol. The van der Waals surface area contributed by atoms with Crippen molar-refractivity contribution in [3.8, 4) is 0 Å². The monoisotopic (exact) mass is 1110 g/mol. The van der Waals surface area contributed by atoms with Crippen LogP contribution in [-0.2, 0) is 28.6 Å². The van der Waals surface area contributed by atoms with Crippen molar-refractivity contribution in [2.24, 2.45) is 0 Å². The van der Waals surface area contributed by atoms with Crippen LogP contribution in [0.2, 0.25) is 0 Å². The van der Waals surface area contributed by atoms with E-state index >= 15 is 0 Å². The van der Waals surface area contributed by atoms with Gasteiger partial charge in [0, 0.05) is 19.3 Å². The Bertz CT molecular complexity index is 1610. The molecule has 1 unspecified atom stereocenters. The van der Waals surface area contributed by atoms with Crippen LogP contribution in [0.1, 0.15) is 323 Å². The van der Waals surface area contributed by atoms with E-state index in [-0.39, 0.29) is 31.1 Å². The highest BCUT2D eigenvalue weighted by Crippen LogP contribution is 2.17. The second kappa shape index (κ2) is 67.6. The zero-order chi connectivity index (χ0) is 57.8. The molecule has 0 rings (SSSR count). The molecule has 0 saturated carbocycles. The predicted octanol–water partition coefficient (Wildman–Crippen LogP) is 23.4. The minimum absolute atomic E-state index is 0.0823. The van der Waals surface area contributed by atoms with E-state index in [4.69, 9.17) is 14.2 Å². The van der Waals surface area contributed by atoms with Crippen molar-refractivity contribution < 1.29 is 28.6 Å². The van der Waals surface area contributed by atoms with Gasteiger partial charge in [0.15, 0.2) is 6.10 Å². The summed E-state index contributed by atoms with van der Waals surface area (Å²) in [5, 5.41) is 0. The molecular weight excluding hydrogens is 985 g/mol. The predicted molar refractivity (Wildman–Crippen MR) is 348 cm³/mol. The van der Waals surface area contributed by atoms with Crippen LogP contribution in [0.5, 0.6) is 0 Å². The van der Waals surface area contributed by atoms with Crippen LogP contribution in [0.15, 0.2) is 109 Å². The lowest BCUT2D eigenvalue weighted by Gasteiger charge is -2.18. The van der Waals surface area contributed by atoms with Gasteiger partial charge < -0.3 is 14.2 Å². The molecule has 0 aromatic heterocycles. The van der Waals surface area contributed by atoms with Gasteiger partial charge in [0.2, 0.25) is 0 Å². The third-order valence-electron chi connectivity index (χ3n) is 14.5. The molecule has 0 aromatic carbocycles. The molecule has 0 amide bonds. The summed E-state index contributed by atoms with van der Waals surface area (Å²) < 4.78 is 17.0. The minimum atomic E-state index is -0.788. The van der Waals surface area contributed by atoms with Gasteiger partial charge in [-0.25, -0.2) is 0 Å². The van der Waals surface area contributed by atoms with Gasteiger partial charge >= 0.3 is 17.9 Å². The minimum Gasteiger partial charge on any atom is -0.462 e. The summed E-state index contributed by atoms with van der Waals surface area (Å²) in [6.45, 7) is 6.44. The fourth-order valence-electron chi connectivity index (χ4n) is 9.52. The van der Waals surface area contributed by atoms with E-state index in [1.54, 1.807) is 0 Å². The molecule has 0 aliphatic carbocycles. The van der Waals surface area contributed by atoms with Crippen molar-refractivity contribution in [2.45, 2.75) is 329 Å². The van der Waals surface area contributed by atoms with Crippen LogP contribution in [-0.4, -0.2) is 37.2 Å². The van der Waals surface area contributed by atoms with Crippen molar-refractivity contribution in [3.05, 3.63) is 109 Å². The first-order valence-electron chi connectivity index (χ1n) is 33.9. The van der Waals surface area contributed by atoms with E-state index in [2.05, 4.69) is 130 Å². The summed E-state index contributed by atoms with van der Waals surface area (Å²) >= 11 is 0. The van der Waals surface area contributed by atoms with Gasteiger partial charge in [-0.1, -0.05) is 310 Å². The average Bonchev–Trinajstić information content (AvgIpc) is 3.46. The fraction of sp³-hybridized carbons (Fsp3) is 0.716. The topological polar surface area (TPSA) is 78.9 Å². The Hall–Kier alpha value is -3.93. The van der Waals surface area contributed by atoms with Crippen molar-refractivity contribution in [1.29, 1.82) is 0 Å². The molecular formula is C74H126O6. The Kier molecular flexibility index (Phi) is 64.3. The lowest BCUT2D eigenvalue weighted by molar-refractivity contribution is -0.167. The second-order valence-electron chi connectivity index (χ2n) is 22.3. The number of carbonyl (C=O) groups excluding carboxylic acids is 3. The number of carbonyl (C=O) groups is 3. The molecule has 0 N–H and O–H groups in total. The van der Waals surface area contributed by atoms with Gasteiger partial charge in [-0.15, -0.1) is 0 Å². The van der Waals surface area contributed by atoms with Gasteiger partial charge in [0.05, 0.1) is 0 Å². The van der Waals surface area contributed by atoms with E-state index in [1.807, 2.05) is 0 Å². The van der Waals surface area contributed by atoms with Crippen LogP contribution >= 0.6 is 0 Å². The Morgan fingerprint density at radius 1 is 0.263 bits per heavy atom. The first kappa shape index (κ1) is 76.1. The molecule has 0 radical (unpaired) electrons. The zero-order valence-corrected chi connectivity index (χ0v) is 52.6. The summed E-state index contributed by atoms with van der Waals surface area (Å²) in [5.74, 6) is -0.886. The van der Waals surface area contributed by atoms with Crippen molar-refractivity contribution in [3.63, 3.8) is 0 Å². The molecule has 6 nitrogen and oxygen atoms in total. The van der Waals surface area contributed by atoms with Crippen LogP contribution in [0, 0.1) is 0 Å². The van der Waals surface area contributed by atoms with Crippen LogP contribution in [0.4, 0.5) is 0 Å². The number of unbranched alkanes of at least 4 members (excludes halogenated alkanes) is 32. The van der Waals surface area contributed by atoms with Crippen LogP contribution in [0.3, 0.4) is 0 Å². The smallest absolute Gasteiger partial charge is 0.306 e. The first-order valence-corrected chi connectivity index (χ1v) is 33.9. The Balaban J connectivity index is 4.35. The molecule has 6 heteroatoms. The molecule has 0 fully saturated rings. The SMILES string of the molecule is CC/C=C\C/C=C\C/C=C\C/C=C\C/C=C\CCCCCCCCCCCCCC(=O)OCC(COC(=O)CCCCCCCCCCCCCCCCCC)OC(=O)CCCCCCCC/C=C\C/C=C\C/C=C\C/C=C\CC. The van der Waals surface area contributed by atoms with E-state index in [0.29, 0.717) is 19.3 Å². The summed E-state index contributed by atoms with van der Waals surface area (Å²) in [7, 11) is 0. The number of rotatable bonds is 61. The van der Waals surface area contributed by atoms with Gasteiger partial charge in [-0.3, -0.25) is 14.4 Å². The molecule has 0 saturated heterocycles. The van der Waals surface area contributed by atoms with E-state index in [1.165, 1.54) is 154 Å². The highest BCUT2D eigenvalue weighted by Gasteiger charge is 2.19. The van der Waals surface area contributed by atoms with E-state index < -0.39 is 6.10 Å². The maximum atomic E-state index is 12.9. The maximum Gasteiger partial charge on any atom is 0.306 e. The molecule has 458 valence electrons. The molecule has 0 aromatic rings. The third kappa shape index (κ3) is 64.9. The molecule has 80 heavy (non-hydrogen) atoms. The number of esters is 3. The van der Waals surface area contributed by atoms with Crippen LogP contribution < -0.4 is 0 Å². The molecule has 0 aliphatic heterocycles. The standard InChI is InChI=1S/C74H126O6/c1-4-7-10-13-16-19-22-25-28-31-33-34-35-36-37-38-39-40-42-43-46-49-52-55-58-61-64-67-73(76)79-70-71(69-78-72(75)66-63-60-57-54-51-48-45-30-27-24-21-18-15-12-9-6-3)80-74(77)68-65-62-59-56-53-50-47-44-41-32-29-26-23-20-17-14-11-8-5-2/h7-8,10-11,16-17,19-20,25-26,28-29,33-34,36-37,41,44,71H,4-6,9,12-15,18,21-24,27,30-32,35,38-40,42-43,45-70H2,1-3H3/b10-7-,11-8-,19-16-,20-17-,28-25-,29-26-,34-33-,37-36-,44-41-. The molecule has 0 bridgehead atoms. The Morgan fingerprint density at radius 3 is 0.762 bits per heavy atom. The number of hydrogen-bond acceptors (Lipinski definition) is 6. The summed E-state index contributed by atoms with van der Waals surface area (Å²) in [6.07, 6.45) is 92.4. The van der Waals surface area contributed by atoms with Crippen molar-refractivity contribution in [2.75, 3.05) is 13.2 Å². The first-order chi connectivity index (χ1) is 39.5. The highest BCUT2D eigenvalue weighted by atomic mass is 16.6. The fourth-order valence-corrected chi connectivity index (χ4v) is 9.52. The van der Waals surface area contributed by atoms with Gasteiger partial charge in [0.1, 0.15) is 13.2 Å². The molecule has 0 spiro atoms. The largest absolute Gasteiger partial charge is 0.462 e. The quantitative estimate of drug-likeness (QED) is 0.0261. The number of allylic oxidation sites excluding steroid dienone is 18. The van der Waals surface area contributed by atoms with Crippen LogP contribution in [0.25, 0.3) is 0 Å². The number of hydrogen-bond donors (Lipinski definition) is 0. The Morgan fingerprint density at radius 2 is 0.487 bits per heavy atom. The third-order valence-corrected chi connectivity index (χ3v) is 14.5.